The molecular weight excluding hydrogens is 214 g/mol. The molecule has 4 nitrogen and oxygen atoms in total. The Morgan fingerprint density at radius 1 is 1.29 bits per heavy atom. The highest BCUT2D eigenvalue weighted by Gasteiger charge is 2.19. The summed E-state index contributed by atoms with van der Waals surface area (Å²) in [6, 6.07) is 6.22. The quantitative estimate of drug-likeness (QED) is 0.801. The van der Waals surface area contributed by atoms with Gasteiger partial charge in [0.1, 0.15) is 12.7 Å². The van der Waals surface area contributed by atoms with Crippen molar-refractivity contribution < 1.29 is 4.79 Å². The van der Waals surface area contributed by atoms with Gasteiger partial charge in [0, 0.05) is 18.5 Å². The first-order valence-corrected chi connectivity index (χ1v) is 5.80. The van der Waals surface area contributed by atoms with E-state index >= 15 is 0 Å². The molecule has 0 N–H and O–H groups in total. The molecule has 1 heterocycles. The van der Waals surface area contributed by atoms with Gasteiger partial charge in [0.15, 0.2) is 5.78 Å². The molecule has 3 rings (SSSR count). The number of hydrogen-bond donors (Lipinski definition) is 0. The van der Waals surface area contributed by atoms with Crippen molar-refractivity contribution in [2.45, 2.75) is 25.8 Å². The highest BCUT2D eigenvalue weighted by molar-refractivity contribution is 6.00. The maximum Gasteiger partial charge on any atom is 0.163 e. The Morgan fingerprint density at radius 2 is 2.24 bits per heavy atom. The second kappa shape index (κ2) is 4.13. The lowest BCUT2D eigenvalue weighted by Crippen LogP contribution is -2.02. The summed E-state index contributed by atoms with van der Waals surface area (Å²) in [5, 5.41) is 4.06. The predicted molar refractivity (Wildman–Crippen MR) is 62.8 cm³/mol. The maximum absolute atomic E-state index is 11.6. The number of carbonyl (C=O) groups is 1. The fourth-order valence-electron chi connectivity index (χ4n) is 2.23. The molecule has 1 aromatic carbocycles. The molecular formula is C13H13N3O. The average Bonchev–Trinajstić information content (AvgIpc) is 2.97. The van der Waals surface area contributed by atoms with Crippen molar-refractivity contribution in [3.05, 3.63) is 47.5 Å². The molecule has 0 bridgehead atoms. The largest absolute Gasteiger partial charge is 0.294 e. The van der Waals surface area contributed by atoms with Crippen LogP contribution >= 0.6 is 0 Å². The SMILES string of the molecule is O=C1CCc2ccc(CCn3cncn3)cc21. The molecule has 0 aliphatic heterocycles. The normalized spacial score (nSPS) is 14.0. The third kappa shape index (κ3) is 1.98. The van der Waals surface area contributed by atoms with Gasteiger partial charge in [0.05, 0.1) is 0 Å². The zero-order valence-electron chi connectivity index (χ0n) is 9.47. The number of Topliss-reactive ketones (excluding diaryl/α,β-unsaturated/α-hetero) is 1. The number of nitrogens with zero attached hydrogens (tertiary/aromatic N) is 3. The monoisotopic (exact) mass is 227 g/mol. The van der Waals surface area contributed by atoms with Crippen LogP contribution in [-0.4, -0.2) is 20.5 Å². The molecule has 86 valence electrons. The van der Waals surface area contributed by atoms with Gasteiger partial charge in [0.2, 0.25) is 0 Å². The van der Waals surface area contributed by atoms with Crippen LogP contribution in [0.5, 0.6) is 0 Å². The van der Waals surface area contributed by atoms with Crippen LogP contribution in [0, 0.1) is 0 Å². The van der Waals surface area contributed by atoms with E-state index in [0.29, 0.717) is 6.42 Å². The summed E-state index contributed by atoms with van der Waals surface area (Å²) in [4.78, 5) is 15.5. The Labute approximate surface area is 99.3 Å². The van der Waals surface area contributed by atoms with Gasteiger partial charge >= 0.3 is 0 Å². The van der Waals surface area contributed by atoms with Crippen LogP contribution in [0.25, 0.3) is 0 Å². The van der Waals surface area contributed by atoms with Crippen LogP contribution in [0.4, 0.5) is 0 Å². The molecule has 0 saturated heterocycles. The fraction of sp³-hybridized carbons (Fsp3) is 0.308. The van der Waals surface area contributed by atoms with E-state index in [0.717, 1.165) is 24.9 Å². The van der Waals surface area contributed by atoms with Gasteiger partial charge in [-0.3, -0.25) is 9.48 Å². The first kappa shape index (κ1) is 10.2. The molecule has 0 saturated carbocycles. The molecule has 1 aliphatic carbocycles. The number of ketones is 1. The number of carbonyl (C=O) groups excluding carboxylic acids is 1. The minimum absolute atomic E-state index is 0.280. The topological polar surface area (TPSA) is 47.8 Å². The van der Waals surface area contributed by atoms with Crippen molar-refractivity contribution in [1.29, 1.82) is 0 Å². The summed E-state index contributed by atoms with van der Waals surface area (Å²) >= 11 is 0. The van der Waals surface area contributed by atoms with Crippen LogP contribution in [0.3, 0.4) is 0 Å². The summed E-state index contributed by atoms with van der Waals surface area (Å²) in [6.45, 7) is 0.799. The maximum atomic E-state index is 11.6. The Morgan fingerprint density at radius 3 is 3.06 bits per heavy atom. The van der Waals surface area contributed by atoms with E-state index in [9.17, 15) is 4.79 Å². The third-order valence-corrected chi connectivity index (χ3v) is 3.19. The summed E-state index contributed by atoms with van der Waals surface area (Å²) in [7, 11) is 0. The zero-order chi connectivity index (χ0) is 11.7. The van der Waals surface area contributed by atoms with Crippen LogP contribution in [-0.2, 0) is 19.4 Å². The third-order valence-electron chi connectivity index (χ3n) is 3.19. The predicted octanol–water partition coefficient (Wildman–Crippen LogP) is 1.65. The van der Waals surface area contributed by atoms with E-state index in [1.54, 1.807) is 11.0 Å². The van der Waals surface area contributed by atoms with Crippen LogP contribution < -0.4 is 0 Å². The fourth-order valence-corrected chi connectivity index (χ4v) is 2.23. The Kier molecular flexibility index (Phi) is 2.48. The standard InChI is InChI=1S/C13H13N3O/c17-13-4-3-11-2-1-10(7-12(11)13)5-6-16-9-14-8-15-16/h1-2,7-9H,3-6H2. The van der Waals surface area contributed by atoms with E-state index in [1.165, 1.54) is 17.5 Å². The Balaban J connectivity index is 1.76. The lowest BCUT2D eigenvalue weighted by molar-refractivity contribution is 0.0994. The van der Waals surface area contributed by atoms with Crippen molar-refractivity contribution >= 4 is 5.78 Å². The highest BCUT2D eigenvalue weighted by Crippen LogP contribution is 2.23. The van der Waals surface area contributed by atoms with Crippen molar-refractivity contribution in [3.63, 3.8) is 0 Å². The number of hydrogen-bond acceptors (Lipinski definition) is 3. The first-order valence-electron chi connectivity index (χ1n) is 5.80. The molecule has 0 spiro atoms. The van der Waals surface area contributed by atoms with Gasteiger partial charge in [-0.25, -0.2) is 4.98 Å². The van der Waals surface area contributed by atoms with Crippen LogP contribution in [0.1, 0.15) is 27.9 Å². The van der Waals surface area contributed by atoms with Crippen molar-refractivity contribution in [1.82, 2.24) is 14.8 Å². The van der Waals surface area contributed by atoms with Gasteiger partial charge in [-0.1, -0.05) is 12.1 Å². The van der Waals surface area contributed by atoms with Gasteiger partial charge in [-0.05, 0) is 30.0 Å². The molecule has 0 amide bonds. The highest BCUT2D eigenvalue weighted by atomic mass is 16.1. The number of benzene rings is 1. The summed E-state index contributed by atoms with van der Waals surface area (Å²) in [5.41, 5.74) is 3.30. The lowest BCUT2D eigenvalue weighted by Gasteiger charge is -2.04. The van der Waals surface area contributed by atoms with E-state index in [4.69, 9.17) is 0 Å². The van der Waals surface area contributed by atoms with Crippen LogP contribution in [0.2, 0.25) is 0 Å². The molecule has 0 radical (unpaired) electrons. The lowest BCUT2D eigenvalue weighted by atomic mass is 10.0. The van der Waals surface area contributed by atoms with E-state index < -0.39 is 0 Å². The summed E-state index contributed by atoms with van der Waals surface area (Å²) in [6.07, 6.45) is 5.69. The van der Waals surface area contributed by atoms with E-state index in [1.807, 2.05) is 6.07 Å². The molecule has 0 unspecified atom stereocenters. The number of fused-ring (bicyclic) bond motifs is 1. The van der Waals surface area contributed by atoms with E-state index in [2.05, 4.69) is 22.2 Å². The second-order valence-electron chi connectivity index (χ2n) is 4.32. The molecule has 1 aliphatic rings. The van der Waals surface area contributed by atoms with Crippen molar-refractivity contribution in [3.8, 4) is 0 Å². The van der Waals surface area contributed by atoms with Gasteiger partial charge in [0.25, 0.3) is 0 Å². The Bertz CT molecular complexity index is 546. The average molecular weight is 227 g/mol. The minimum atomic E-state index is 0.280. The molecule has 4 heteroatoms. The van der Waals surface area contributed by atoms with Crippen molar-refractivity contribution in [2.24, 2.45) is 0 Å². The molecule has 2 aromatic rings. The molecule has 0 fully saturated rings. The summed E-state index contributed by atoms with van der Waals surface area (Å²) in [5.74, 6) is 0.280. The smallest absolute Gasteiger partial charge is 0.163 e. The number of aromatic nitrogens is 3. The summed E-state index contributed by atoms with van der Waals surface area (Å²) < 4.78 is 1.80. The van der Waals surface area contributed by atoms with Gasteiger partial charge in [-0.15, -0.1) is 0 Å². The minimum Gasteiger partial charge on any atom is -0.294 e. The molecule has 0 atom stereocenters. The van der Waals surface area contributed by atoms with Crippen LogP contribution in [0.15, 0.2) is 30.9 Å². The second-order valence-corrected chi connectivity index (χ2v) is 4.32. The van der Waals surface area contributed by atoms with Crippen molar-refractivity contribution in [2.75, 3.05) is 0 Å². The first-order chi connectivity index (χ1) is 8.33. The number of aryl methyl sites for hydroxylation is 3. The Hall–Kier alpha value is -1.97. The molecule has 17 heavy (non-hydrogen) atoms. The zero-order valence-corrected chi connectivity index (χ0v) is 9.47. The molecule has 1 aromatic heterocycles. The van der Waals surface area contributed by atoms with E-state index in [-0.39, 0.29) is 5.78 Å². The van der Waals surface area contributed by atoms with Gasteiger partial charge in [-0.2, -0.15) is 5.10 Å². The number of rotatable bonds is 3. The van der Waals surface area contributed by atoms with Gasteiger partial charge < -0.3 is 0 Å².